The number of Topliss-reactive ketones (excluding diaryl/α,β-unsaturated/α-hetero) is 1. The molecule has 0 amide bonds. The molecule has 8 nitrogen and oxygen atoms in total. The van der Waals surface area contributed by atoms with E-state index in [1.165, 1.54) is 6.92 Å². The van der Waals surface area contributed by atoms with E-state index in [1.54, 1.807) is 0 Å². The molecule has 0 aromatic carbocycles. The van der Waals surface area contributed by atoms with E-state index in [9.17, 15) is 20.1 Å². The minimum Gasteiger partial charge on any atom is -0.394 e. The Hall–Kier alpha value is -0.610. The van der Waals surface area contributed by atoms with Crippen LogP contribution in [0.5, 0.6) is 0 Å². The number of hydrogen-bond donors (Lipinski definition) is 5. The molecule has 1 aliphatic heterocycles. The second kappa shape index (κ2) is 8.74. The minimum absolute atomic E-state index is 0.176. The van der Waals surface area contributed by atoms with E-state index in [1.807, 2.05) is 0 Å². The van der Waals surface area contributed by atoms with Gasteiger partial charge in [-0.1, -0.05) is 0 Å². The van der Waals surface area contributed by atoms with Gasteiger partial charge in [0.05, 0.1) is 6.61 Å². The van der Waals surface area contributed by atoms with Crippen LogP contribution in [-0.2, 0) is 14.3 Å². The monoisotopic (exact) mass is 308 g/mol. The van der Waals surface area contributed by atoms with Gasteiger partial charge in [-0.05, 0) is 19.8 Å². The second-order valence-electron chi connectivity index (χ2n) is 5.17. The first kappa shape index (κ1) is 18.4. The van der Waals surface area contributed by atoms with Crippen LogP contribution in [0.25, 0.3) is 0 Å². The smallest absolute Gasteiger partial charge is 0.186 e. The first-order valence-electron chi connectivity index (χ1n) is 7.01. The largest absolute Gasteiger partial charge is 0.394 e. The molecule has 0 aromatic heterocycles. The van der Waals surface area contributed by atoms with Gasteiger partial charge < -0.3 is 35.0 Å². The third-order valence-corrected chi connectivity index (χ3v) is 3.41. The summed E-state index contributed by atoms with van der Waals surface area (Å²) in [6.07, 6.45) is -6.15. The quantitative estimate of drug-likeness (QED) is 0.322. The zero-order chi connectivity index (χ0) is 16.0. The molecule has 6 unspecified atom stereocenters. The van der Waals surface area contributed by atoms with Gasteiger partial charge in [-0.2, -0.15) is 0 Å². The van der Waals surface area contributed by atoms with E-state index in [0.717, 1.165) is 0 Å². The Balaban J connectivity index is 2.29. The Morgan fingerprint density at radius 2 is 1.86 bits per heavy atom. The van der Waals surface area contributed by atoms with Crippen LogP contribution >= 0.6 is 0 Å². The molecule has 1 aliphatic rings. The van der Waals surface area contributed by atoms with E-state index in [-0.39, 0.29) is 18.8 Å². The maximum Gasteiger partial charge on any atom is 0.186 e. The van der Waals surface area contributed by atoms with Crippen LogP contribution in [-0.4, -0.2) is 81.3 Å². The van der Waals surface area contributed by atoms with E-state index in [2.05, 4.69) is 0 Å². The number of unbranched alkanes of at least 4 members (excludes halogenated alkanes) is 1. The molecule has 8 heteroatoms. The van der Waals surface area contributed by atoms with E-state index >= 15 is 0 Å². The number of ether oxygens (including phenoxy) is 2. The molecule has 1 fully saturated rings. The summed E-state index contributed by atoms with van der Waals surface area (Å²) in [6.45, 7) is 1.08. The van der Waals surface area contributed by atoms with Crippen molar-refractivity contribution in [3.05, 3.63) is 0 Å². The summed E-state index contributed by atoms with van der Waals surface area (Å²) in [7, 11) is 0. The van der Waals surface area contributed by atoms with Crippen molar-refractivity contribution in [1.29, 1.82) is 0 Å². The first-order valence-corrected chi connectivity index (χ1v) is 7.01. The van der Waals surface area contributed by atoms with Crippen LogP contribution < -0.4 is 0 Å². The molecule has 0 aromatic rings. The van der Waals surface area contributed by atoms with Gasteiger partial charge >= 0.3 is 0 Å². The maximum atomic E-state index is 11.2. The van der Waals surface area contributed by atoms with Crippen LogP contribution in [0.4, 0.5) is 0 Å². The molecule has 1 rings (SSSR count). The fraction of sp³-hybridized carbons (Fsp3) is 0.923. The van der Waals surface area contributed by atoms with Crippen molar-refractivity contribution in [2.24, 2.45) is 0 Å². The first-order chi connectivity index (χ1) is 9.88. The van der Waals surface area contributed by atoms with Crippen molar-refractivity contribution in [2.75, 3.05) is 13.2 Å². The predicted molar refractivity (Wildman–Crippen MR) is 70.3 cm³/mol. The number of carbonyl (C=O) groups is 1. The van der Waals surface area contributed by atoms with E-state index < -0.39 is 43.4 Å². The fourth-order valence-corrected chi connectivity index (χ4v) is 2.01. The molecular weight excluding hydrogens is 284 g/mol. The summed E-state index contributed by atoms with van der Waals surface area (Å²) in [6, 6.07) is 0. The molecular formula is C13H24O8. The lowest BCUT2D eigenvalue weighted by Gasteiger charge is -2.39. The number of rotatable bonds is 8. The zero-order valence-electron chi connectivity index (χ0n) is 12.0. The third-order valence-electron chi connectivity index (χ3n) is 3.41. The number of aliphatic hydroxyl groups is 5. The number of ketones is 1. The standard InChI is InChI=1S/C13H24O8/c1-7(15)8(16)4-2-3-5-20-13-12(19)11(18)10(17)9(6-14)21-13/h7,9-15,17-19H,2-6H2,1H3. The Bertz CT molecular complexity index is 319. The lowest BCUT2D eigenvalue weighted by atomic mass is 9.99. The van der Waals surface area contributed by atoms with Gasteiger partial charge in [0.15, 0.2) is 12.1 Å². The molecule has 1 saturated heterocycles. The van der Waals surface area contributed by atoms with Gasteiger partial charge in [0, 0.05) is 13.0 Å². The molecule has 0 bridgehead atoms. The molecule has 21 heavy (non-hydrogen) atoms. The predicted octanol–water partition coefficient (Wildman–Crippen LogP) is -2.08. The molecule has 1 heterocycles. The molecule has 5 N–H and O–H groups in total. The summed E-state index contributed by atoms with van der Waals surface area (Å²) in [4.78, 5) is 11.2. The topological polar surface area (TPSA) is 137 Å². The maximum absolute atomic E-state index is 11.2. The Kier molecular flexibility index (Phi) is 7.67. The SMILES string of the molecule is CC(O)C(=O)CCCCOC1OC(CO)C(O)C(O)C1O. The van der Waals surface area contributed by atoms with Crippen LogP contribution in [0.1, 0.15) is 26.2 Å². The zero-order valence-corrected chi connectivity index (χ0v) is 12.0. The van der Waals surface area contributed by atoms with Crippen molar-refractivity contribution in [3.8, 4) is 0 Å². The summed E-state index contributed by atoms with van der Waals surface area (Å²) in [5.74, 6) is -0.247. The lowest BCUT2D eigenvalue weighted by Crippen LogP contribution is -2.59. The van der Waals surface area contributed by atoms with Gasteiger partial charge in [0.1, 0.15) is 30.5 Å². The second-order valence-corrected chi connectivity index (χ2v) is 5.17. The molecule has 0 radical (unpaired) electrons. The fourth-order valence-electron chi connectivity index (χ4n) is 2.01. The summed E-state index contributed by atoms with van der Waals surface area (Å²) >= 11 is 0. The highest BCUT2D eigenvalue weighted by Crippen LogP contribution is 2.22. The summed E-state index contributed by atoms with van der Waals surface area (Å²) in [5.41, 5.74) is 0. The molecule has 0 aliphatic carbocycles. The average Bonchev–Trinajstić information content (AvgIpc) is 2.46. The van der Waals surface area contributed by atoms with E-state index in [4.69, 9.17) is 19.7 Å². The molecule has 0 spiro atoms. The molecule has 0 saturated carbocycles. The highest BCUT2D eigenvalue weighted by Gasteiger charge is 2.43. The van der Waals surface area contributed by atoms with Gasteiger partial charge in [0.2, 0.25) is 0 Å². The van der Waals surface area contributed by atoms with Gasteiger partial charge in [-0.3, -0.25) is 4.79 Å². The van der Waals surface area contributed by atoms with Crippen LogP contribution in [0.2, 0.25) is 0 Å². The Morgan fingerprint density at radius 1 is 1.19 bits per heavy atom. The van der Waals surface area contributed by atoms with E-state index in [0.29, 0.717) is 12.8 Å². The Morgan fingerprint density at radius 3 is 2.43 bits per heavy atom. The Labute approximate surface area is 122 Å². The van der Waals surface area contributed by atoms with Crippen LogP contribution in [0, 0.1) is 0 Å². The van der Waals surface area contributed by atoms with Crippen molar-refractivity contribution < 1.29 is 39.8 Å². The minimum atomic E-state index is -1.46. The van der Waals surface area contributed by atoms with Crippen molar-refractivity contribution in [1.82, 2.24) is 0 Å². The summed E-state index contributed by atoms with van der Waals surface area (Å²) in [5, 5.41) is 46.9. The van der Waals surface area contributed by atoms with Crippen molar-refractivity contribution >= 4 is 5.78 Å². The van der Waals surface area contributed by atoms with Gasteiger partial charge in [-0.15, -0.1) is 0 Å². The van der Waals surface area contributed by atoms with Gasteiger partial charge in [0.25, 0.3) is 0 Å². The average molecular weight is 308 g/mol. The normalized spacial score (nSPS) is 34.7. The third kappa shape index (κ3) is 5.26. The number of aliphatic hydroxyl groups excluding tert-OH is 5. The highest BCUT2D eigenvalue weighted by molar-refractivity contribution is 5.82. The molecule has 124 valence electrons. The molecule has 6 atom stereocenters. The van der Waals surface area contributed by atoms with Crippen molar-refractivity contribution in [2.45, 2.75) is 63.0 Å². The number of carbonyl (C=O) groups excluding carboxylic acids is 1. The van der Waals surface area contributed by atoms with Crippen LogP contribution in [0.3, 0.4) is 0 Å². The van der Waals surface area contributed by atoms with Crippen LogP contribution in [0.15, 0.2) is 0 Å². The highest BCUT2D eigenvalue weighted by atomic mass is 16.7. The lowest BCUT2D eigenvalue weighted by molar-refractivity contribution is -0.301. The van der Waals surface area contributed by atoms with Gasteiger partial charge in [-0.25, -0.2) is 0 Å². The van der Waals surface area contributed by atoms with Crippen molar-refractivity contribution in [3.63, 3.8) is 0 Å². The number of hydrogen-bond acceptors (Lipinski definition) is 8. The summed E-state index contributed by atoms with van der Waals surface area (Å²) < 4.78 is 10.4.